The number of rotatable bonds is 10. The largest absolute Gasteiger partial charge is 0.489 e. The molecule has 4 aromatic carbocycles. The molecule has 0 amide bonds. The Balaban J connectivity index is 0.000000850. The molecule has 4 aromatic rings. The maximum Gasteiger partial charge on any atom is 0.303 e. The highest BCUT2D eigenvalue weighted by molar-refractivity contribution is 7.85. The smallest absolute Gasteiger partial charge is 0.303 e. The molecule has 0 spiro atoms. The molecule has 0 aliphatic heterocycles. The molecule has 9 heteroatoms. The fraction of sp³-hybridized carbons (Fsp3) is 0.219. The van der Waals surface area contributed by atoms with Gasteiger partial charge in [-0.05, 0) is 89.5 Å². The van der Waals surface area contributed by atoms with E-state index >= 15 is 0 Å². The van der Waals surface area contributed by atoms with Crippen molar-refractivity contribution in [3.8, 4) is 16.9 Å². The topological polar surface area (TPSA) is 113 Å². The van der Waals surface area contributed by atoms with Crippen LogP contribution < -0.4 is 10.1 Å². The van der Waals surface area contributed by atoms with Crippen molar-refractivity contribution < 1.29 is 32.0 Å². The summed E-state index contributed by atoms with van der Waals surface area (Å²) in [6, 6.07) is 27.3. The molecule has 0 aromatic heterocycles. The lowest BCUT2D eigenvalue weighted by Crippen LogP contribution is -2.04. The number of ether oxygens (including phenoxy) is 1. The van der Waals surface area contributed by atoms with Crippen LogP contribution in [0.1, 0.15) is 34.2 Å². The van der Waals surface area contributed by atoms with E-state index in [1.165, 1.54) is 22.8 Å². The average molecular weight is 580 g/mol. The molecular weight excluding hydrogens is 545 g/mol. The Morgan fingerprint density at radius 1 is 0.902 bits per heavy atom. The number of aliphatic carboxylic acids is 1. The van der Waals surface area contributed by atoms with Gasteiger partial charge in [0.2, 0.25) is 0 Å². The van der Waals surface area contributed by atoms with Crippen LogP contribution in [0, 0.1) is 19.7 Å². The van der Waals surface area contributed by atoms with Gasteiger partial charge in [-0.1, -0.05) is 54.6 Å². The van der Waals surface area contributed by atoms with Gasteiger partial charge < -0.3 is 15.2 Å². The first-order valence-corrected chi connectivity index (χ1v) is 14.8. The number of hydrogen-bond donors (Lipinski definition) is 3. The third-order valence-corrected chi connectivity index (χ3v) is 6.14. The maximum absolute atomic E-state index is 14.5. The summed E-state index contributed by atoms with van der Waals surface area (Å²) in [6.07, 6.45) is 0.787. The van der Waals surface area contributed by atoms with Gasteiger partial charge in [-0.2, -0.15) is 8.42 Å². The van der Waals surface area contributed by atoms with E-state index in [1.807, 2.05) is 36.4 Å². The zero-order chi connectivity index (χ0) is 30.0. The minimum absolute atomic E-state index is 0.0967. The van der Waals surface area contributed by atoms with Gasteiger partial charge in [0.25, 0.3) is 10.1 Å². The summed E-state index contributed by atoms with van der Waals surface area (Å²) < 4.78 is 46.5. The van der Waals surface area contributed by atoms with E-state index in [-0.39, 0.29) is 12.8 Å². The average Bonchev–Trinajstić information content (AvgIpc) is 2.90. The summed E-state index contributed by atoms with van der Waals surface area (Å²) in [4.78, 5) is 10.8. The molecule has 216 valence electrons. The Hall–Kier alpha value is -4.21. The van der Waals surface area contributed by atoms with E-state index in [0.717, 1.165) is 22.4 Å². The molecule has 0 saturated heterocycles. The van der Waals surface area contributed by atoms with Crippen LogP contribution in [-0.2, 0) is 34.5 Å². The van der Waals surface area contributed by atoms with E-state index in [1.54, 1.807) is 12.1 Å². The fourth-order valence-electron chi connectivity index (χ4n) is 4.31. The molecule has 4 rings (SSSR count). The molecule has 0 radical (unpaired) electrons. The second-order valence-corrected chi connectivity index (χ2v) is 11.2. The number of halogens is 1. The first kappa shape index (κ1) is 31.3. The highest BCUT2D eigenvalue weighted by Gasteiger charge is 2.11. The SMILES string of the molecule is CS(=O)(=O)O.Cc1cccc(C)c1-c1cc(CNc2ccc(CCC(=O)O)c(F)c2)cc(OCc2ccccc2)c1. The van der Waals surface area contributed by atoms with Crippen molar-refractivity contribution in [1.82, 2.24) is 0 Å². The lowest BCUT2D eigenvalue weighted by Gasteiger charge is -2.16. The summed E-state index contributed by atoms with van der Waals surface area (Å²) in [6.45, 7) is 5.15. The quantitative estimate of drug-likeness (QED) is 0.177. The van der Waals surface area contributed by atoms with Gasteiger partial charge in [0.05, 0.1) is 6.26 Å². The number of nitrogens with one attached hydrogen (secondary N) is 1. The summed E-state index contributed by atoms with van der Waals surface area (Å²) in [7, 11) is -3.67. The first-order valence-electron chi connectivity index (χ1n) is 12.9. The van der Waals surface area contributed by atoms with Crippen LogP contribution in [0.2, 0.25) is 0 Å². The Kier molecular flexibility index (Phi) is 11.0. The predicted octanol–water partition coefficient (Wildman–Crippen LogP) is 6.82. The van der Waals surface area contributed by atoms with E-state index in [2.05, 4.69) is 49.5 Å². The van der Waals surface area contributed by atoms with Gasteiger partial charge in [0, 0.05) is 18.7 Å². The predicted molar refractivity (Wildman–Crippen MR) is 159 cm³/mol. The highest BCUT2D eigenvalue weighted by atomic mass is 32.2. The number of aryl methyl sites for hydroxylation is 3. The van der Waals surface area contributed by atoms with Crippen LogP contribution in [0.3, 0.4) is 0 Å². The summed E-state index contributed by atoms with van der Waals surface area (Å²) in [5, 5.41) is 12.1. The van der Waals surface area contributed by atoms with E-state index in [9.17, 15) is 17.6 Å². The van der Waals surface area contributed by atoms with Crippen LogP contribution in [0.25, 0.3) is 11.1 Å². The molecule has 0 saturated carbocycles. The first-order chi connectivity index (χ1) is 19.4. The van der Waals surface area contributed by atoms with Gasteiger partial charge in [-0.3, -0.25) is 9.35 Å². The molecule has 0 aliphatic rings. The molecule has 3 N–H and O–H groups in total. The number of carbonyl (C=O) groups is 1. The lowest BCUT2D eigenvalue weighted by molar-refractivity contribution is -0.136. The number of carboxylic acids is 1. The fourth-order valence-corrected chi connectivity index (χ4v) is 4.31. The number of benzene rings is 4. The standard InChI is InChI=1S/C31H30FNO3.CH4O3S/c1-21-7-6-8-22(2)31(21)26-15-24(16-28(17-26)36-20-23-9-4-3-5-10-23)19-33-27-13-11-25(29(32)18-27)12-14-30(34)35;1-5(2,3)4/h3-11,13,15-18,33H,12,14,19-20H2,1-2H3,(H,34,35);1H3,(H,2,3,4). The van der Waals surface area contributed by atoms with Crippen molar-refractivity contribution in [3.05, 3.63) is 119 Å². The van der Waals surface area contributed by atoms with E-state index in [0.29, 0.717) is 30.7 Å². The van der Waals surface area contributed by atoms with Gasteiger partial charge in [0.15, 0.2) is 0 Å². The van der Waals surface area contributed by atoms with Crippen LogP contribution in [0.15, 0.2) is 84.9 Å². The second-order valence-electron chi connectivity index (χ2n) is 9.69. The molecule has 0 fully saturated rings. The molecule has 7 nitrogen and oxygen atoms in total. The van der Waals surface area contributed by atoms with Crippen molar-refractivity contribution in [3.63, 3.8) is 0 Å². The van der Waals surface area contributed by atoms with Gasteiger partial charge in [0.1, 0.15) is 18.2 Å². The van der Waals surface area contributed by atoms with Crippen LogP contribution in [0.4, 0.5) is 10.1 Å². The van der Waals surface area contributed by atoms with Crippen molar-refractivity contribution in [2.45, 2.75) is 39.8 Å². The third kappa shape index (κ3) is 10.7. The van der Waals surface area contributed by atoms with E-state index < -0.39 is 21.9 Å². The molecule has 0 unspecified atom stereocenters. The molecule has 0 bridgehead atoms. The monoisotopic (exact) mass is 579 g/mol. The molecular formula is C32H34FNO6S. The normalized spacial score (nSPS) is 10.9. The van der Waals surface area contributed by atoms with Crippen molar-refractivity contribution in [2.24, 2.45) is 0 Å². The van der Waals surface area contributed by atoms with Crippen LogP contribution in [0.5, 0.6) is 5.75 Å². The Bertz CT molecular complexity index is 1560. The van der Waals surface area contributed by atoms with Crippen molar-refractivity contribution >= 4 is 21.8 Å². The van der Waals surface area contributed by atoms with Crippen molar-refractivity contribution in [2.75, 3.05) is 11.6 Å². The molecule has 0 heterocycles. The van der Waals surface area contributed by atoms with Crippen LogP contribution in [-0.4, -0.2) is 30.3 Å². The van der Waals surface area contributed by atoms with E-state index in [4.69, 9.17) is 14.4 Å². The maximum atomic E-state index is 14.5. The number of carboxylic acid groups (broad SMARTS) is 1. The zero-order valence-corrected chi connectivity index (χ0v) is 24.0. The minimum Gasteiger partial charge on any atom is -0.489 e. The zero-order valence-electron chi connectivity index (χ0n) is 23.2. The Morgan fingerprint density at radius 3 is 2.17 bits per heavy atom. The van der Waals surface area contributed by atoms with Gasteiger partial charge >= 0.3 is 5.97 Å². The van der Waals surface area contributed by atoms with Gasteiger partial charge in [-0.15, -0.1) is 0 Å². The Labute approximate surface area is 240 Å². The molecule has 41 heavy (non-hydrogen) atoms. The van der Waals surface area contributed by atoms with Gasteiger partial charge in [-0.25, -0.2) is 4.39 Å². The summed E-state index contributed by atoms with van der Waals surface area (Å²) in [5.74, 6) is -0.575. The van der Waals surface area contributed by atoms with Crippen molar-refractivity contribution in [1.29, 1.82) is 0 Å². The Morgan fingerprint density at radius 2 is 1.56 bits per heavy atom. The minimum atomic E-state index is -3.67. The summed E-state index contributed by atoms with van der Waals surface area (Å²) in [5.41, 5.74) is 7.76. The summed E-state index contributed by atoms with van der Waals surface area (Å²) >= 11 is 0. The second kappa shape index (κ2) is 14.4. The third-order valence-electron chi connectivity index (χ3n) is 6.14. The highest BCUT2D eigenvalue weighted by Crippen LogP contribution is 2.32. The lowest BCUT2D eigenvalue weighted by atomic mass is 9.94. The van der Waals surface area contributed by atoms with Crippen LogP contribution >= 0.6 is 0 Å². The molecule has 0 aliphatic carbocycles. The number of hydrogen-bond acceptors (Lipinski definition) is 5. The number of anilines is 1. The molecule has 0 atom stereocenters.